The first-order valence-electron chi connectivity index (χ1n) is 5.17. The molecule has 2 rings (SSSR count). The van der Waals surface area contributed by atoms with Gasteiger partial charge in [-0.25, -0.2) is 4.98 Å². The lowest BCUT2D eigenvalue weighted by Crippen LogP contribution is -1.88. The maximum Gasteiger partial charge on any atom is 0.220 e. The predicted octanol–water partition coefficient (Wildman–Crippen LogP) is 4.09. The van der Waals surface area contributed by atoms with Crippen LogP contribution in [-0.2, 0) is 6.42 Å². The maximum absolute atomic E-state index is 5.78. The largest absolute Gasteiger partial charge is 0.439 e. The summed E-state index contributed by atoms with van der Waals surface area (Å²) < 4.78 is 5.61. The van der Waals surface area contributed by atoms with Gasteiger partial charge in [0.05, 0.1) is 0 Å². The van der Waals surface area contributed by atoms with Crippen LogP contribution in [-0.4, -0.2) is 4.98 Å². The molecule has 2 nitrogen and oxygen atoms in total. The van der Waals surface area contributed by atoms with Crippen LogP contribution in [0.5, 0.6) is 11.6 Å². The fourth-order valence-corrected chi connectivity index (χ4v) is 1.55. The lowest BCUT2D eigenvalue weighted by atomic mass is 10.2. The Kier molecular flexibility index (Phi) is 3.42. The first-order valence-corrected chi connectivity index (χ1v) is 5.55. The second-order valence-electron chi connectivity index (χ2n) is 3.40. The molecule has 0 aliphatic rings. The third-order valence-electron chi connectivity index (χ3n) is 2.22. The highest BCUT2D eigenvalue weighted by Gasteiger charge is 1.99. The van der Waals surface area contributed by atoms with Gasteiger partial charge in [-0.2, -0.15) is 0 Å². The van der Waals surface area contributed by atoms with E-state index in [0.717, 1.165) is 12.2 Å². The van der Waals surface area contributed by atoms with Crippen molar-refractivity contribution < 1.29 is 4.74 Å². The normalized spacial score (nSPS) is 10.1. The summed E-state index contributed by atoms with van der Waals surface area (Å²) in [7, 11) is 0. The molecular formula is C13H12ClNO. The van der Waals surface area contributed by atoms with Crippen LogP contribution < -0.4 is 4.74 Å². The summed E-state index contributed by atoms with van der Waals surface area (Å²) in [6.45, 7) is 2.11. The Morgan fingerprint density at radius 2 is 2.00 bits per heavy atom. The van der Waals surface area contributed by atoms with Crippen molar-refractivity contribution in [1.29, 1.82) is 0 Å². The number of benzene rings is 1. The summed E-state index contributed by atoms with van der Waals surface area (Å²) in [6, 6.07) is 13.3. The lowest BCUT2D eigenvalue weighted by Gasteiger charge is -2.05. The SMILES string of the molecule is CCc1cccc(Oc2cccc(Cl)n2)c1. The van der Waals surface area contributed by atoms with Crippen molar-refractivity contribution in [2.75, 3.05) is 0 Å². The number of halogens is 1. The second kappa shape index (κ2) is 4.99. The zero-order chi connectivity index (χ0) is 11.4. The Balaban J connectivity index is 2.20. The standard InChI is InChI=1S/C13H12ClNO/c1-2-10-5-3-6-11(9-10)16-13-8-4-7-12(14)15-13/h3-9H,2H2,1H3. The molecule has 2 aromatic rings. The summed E-state index contributed by atoms with van der Waals surface area (Å²) in [5, 5.41) is 0.434. The highest BCUT2D eigenvalue weighted by Crippen LogP contribution is 2.21. The van der Waals surface area contributed by atoms with E-state index in [2.05, 4.69) is 18.0 Å². The zero-order valence-electron chi connectivity index (χ0n) is 8.98. The number of ether oxygens (including phenoxy) is 1. The third kappa shape index (κ3) is 2.74. The van der Waals surface area contributed by atoms with Gasteiger partial charge in [0, 0.05) is 6.07 Å². The minimum Gasteiger partial charge on any atom is -0.439 e. The van der Waals surface area contributed by atoms with Gasteiger partial charge in [0.25, 0.3) is 0 Å². The lowest BCUT2D eigenvalue weighted by molar-refractivity contribution is 0.462. The molecular weight excluding hydrogens is 222 g/mol. The van der Waals surface area contributed by atoms with Crippen LogP contribution in [0.1, 0.15) is 12.5 Å². The minimum atomic E-state index is 0.434. The molecule has 1 aromatic heterocycles. The molecule has 1 heterocycles. The molecule has 0 amide bonds. The summed E-state index contributed by atoms with van der Waals surface area (Å²) in [4.78, 5) is 4.07. The fraction of sp³-hybridized carbons (Fsp3) is 0.154. The molecule has 0 N–H and O–H groups in total. The van der Waals surface area contributed by atoms with Crippen LogP contribution in [0.2, 0.25) is 5.15 Å². The summed E-state index contributed by atoms with van der Waals surface area (Å²) in [6.07, 6.45) is 0.986. The summed E-state index contributed by atoms with van der Waals surface area (Å²) >= 11 is 5.78. The number of aryl methyl sites for hydroxylation is 1. The van der Waals surface area contributed by atoms with Crippen molar-refractivity contribution in [2.45, 2.75) is 13.3 Å². The molecule has 0 atom stereocenters. The molecule has 16 heavy (non-hydrogen) atoms. The first-order chi connectivity index (χ1) is 7.78. The van der Waals surface area contributed by atoms with Crippen LogP contribution in [0.25, 0.3) is 0 Å². The number of hydrogen-bond acceptors (Lipinski definition) is 2. The van der Waals surface area contributed by atoms with Crippen molar-refractivity contribution in [3.8, 4) is 11.6 Å². The number of rotatable bonds is 3. The zero-order valence-corrected chi connectivity index (χ0v) is 9.74. The molecule has 1 aromatic carbocycles. The van der Waals surface area contributed by atoms with E-state index in [0.29, 0.717) is 11.0 Å². The van der Waals surface area contributed by atoms with E-state index in [1.165, 1.54) is 5.56 Å². The molecule has 0 aliphatic carbocycles. The van der Waals surface area contributed by atoms with E-state index in [4.69, 9.17) is 16.3 Å². The topological polar surface area (TPSA) is 22.1 Å². The highest BCUT2D eigenvalue weighted by atomic mass is 35.5. The van der Waals surface area contributed by atoms with E-state index in [1.54, 1.807) is 12.1 Å². The first kappa shape index (κ1) is 11.0. The van der Waals surface area contributed by atoms with E-state index in [1.807, 2.05) is 24.3 Å². The average molecular weight is 234 g/mol. The molecule has 0 fully saturated rings. The molecule has 0 spiro atoms. The highest BCUT2D eigenvalue weighted by molar-refractivity contribution is 6.29. The van der Waals surface area contributed by atoms with Crippen LogP contribution in [0.3, 0.4) is 0 Å². The number of hydrogen-bond donors (Lipinski definition) is 0. The molecule has 0 saturated carbocycles. The van der Waals surface area contributed by atoms with E-state index in [9.17, 15) is 0 Å². The Morgan fingerprint density at radius 1 is 1.19 bits per heavy atom. The van der Waals surface area contributed by atoms with Gasteiger partial charge in [0.2, 0.25) is 5.88 Å². The van der Waals surface area contributed by atoms with Crippen LogP contribution in [0, 0.1) is 0 Å². The van der Waals surface area contributed by atoms with Gasteiger partial charge in [-0.15, -0.1) is 0 Å². The summed E-state index contributed by atoms with van der Waals surface area (Å²) in [5.41, 5.74) is 1.24. The second-order valence-corrected chi connectivity index (χ2v) is 3.79. The monoisotopic (exact) mass is 233 g/mol. The molecule has 0 bridgehead atoms. The molecule has 0 radical (unpaired) electrons. The van der Waals surface area contributed by atoms with Gasteiger partial charge in [-0.1, -0.05) is 36.7 Å². The van der Waals surface area contributed by atoms with Gasteiger partial charge in [0.1, 0.15) is 10.9 Å². The predicted molar refractivity (Wildman–Crippen MR) is 65.1 cm³/mol. The van der Waals surface area contributed by atoms with Crippen molar-refractivity contribution in [3.63, 3.8) is 0 Å². The fourth-order valence-electron chi connectivity index (χ4n) is 1.40. The molecule has 0 saturated heterocycles. The Morgan fingerprint density at radius 3 is 2.75 bits per heavy atom. The third-order valence-corrected chi connectivity index (χ3v) is 2.43. The van der Waals surface area contributed by atoms with Crippen molar-refractivity contribution in [2.24, 2.45) is 0 Å². The Hall–Kier alpha value is -1.54. The van der Waals surface area contributed by atoms with Crippen LogP contribution in [0.15, 0.2) is 42.5 Å². The molecule has 3 heteroatoms. The van der Waals surface area contributed by atoms with Crippen molar-refractivity contribution in [3.05, 3.63) is 53.2 Å². The number of pyridine rings is 1. The van der Waals surface area contributed by atoms with E-state index < -0.39 is 0 Å². The molecule has 0 unspecified atom stereocenters. The number of aromatic nitrogens is 1. The Bertz CT molecular complexity index is 485. The van der Waals surface area contributed by atoms with E-state index in [-0.39, 0.29) is 0 Å². The average Bonchev–Trinajstić information content (AvgIpc) is 2.29. The molecule has 0 aliphatic heterocycles. The quantitative estimate of drug-likeness (QED) is 0.745. The molecule has 82 valence electrons. The van der Waals surface area contributed by atoms with Crippen LogP contribution >= 0.6 is 11.6 Å². The number of nitrogens with zero attached hydrogens (tertiary/aromatic N) is 1. The van der Waals surface area contributed by atoms with E-state index >= 15 is 0 Å². The van der Waals surface area contributed by atoms with Gasteiger partial charge < -0.3 is 4.74 Å². The van der Waals surface area contributed by atoms with Gasteiger partial charge in [0.15, 0.2) is 0 Å². The minimum absolute atomic E-state index is 0.434. The Labute approximate surface area is 99.9 Å². The van der Waals surface area contributed by atoms with Crippen molar-refractivity contribution >= 4 is 11.6 Å². The van der Waals surface area contributed by atoms with Gasteiger partial charge in [-0.05, 0) is 30.2 Å². The summed E-state index contributed by atoms with van der Waals surface area (Å²) in [5.74, 6) is 1.30. The van der Waals surface area contributed by atoms with Crippen LogP contribution in [0.4, 0.5) is 0 Å². The maximum atomic E-state index is 5.78. The van der Waals surface area contributed by atoms with Gasteiger partial charge >= 0.3 is 0 Å². The smallest absolute Gasteiger partial charge is 0.220 e. The van der Waals surface area contributed by atoms with Crippen molar-refractivity contribution in [1.82, 2.24) is 4.98 Å². The van der Waals surface area contributed by atoms with Gasteiger partial charge in [-0.3, -0.25) is 0 Å².